The van der Waals surface area contributed by atoms with E-state index in [1.165, 1.54) is 6.07 Å². The fourth-order valence-corrected chi connectivity index (χ4v) is 1.17. The van der Waals surface area contributed by atoms with Crippen LogP contribution in [0.1, 0.15) is 22.8 Å². The van der Waals surface area contributed by atoms with Crippen molar-refractivity contribution in [1.82, 2.24) is 0 Å². The Morgan fingerprint density at radius 1 is 1.50 bits per heavy atom. The molecule has 16 heavy (non-hydrogen) atoms. The van der Waals surface area contributed by atoms with Gasteiger partial charge in [0.2, 0.25) is 0 Å². The van der Waals surface area contributed by atoms with Crippen LogP contribution in [0.5, 0.6) is 5.75 Å². The van der Waals surface area contributed by atoms with E-state index in [4.69, 9.17) is 14.9 Å². The van der Waals surface area contributed by atoms with Crippen LogP contribution in [0.4, 0.5) is 0 Å². The van der Waals surface area contributed by atoms with Gasteiger partial charge in [-0.15, -0.1) is 0 Å². The van der Waals surface area contributed by atoms with Gasteiger partial charge in [0.15, 0.2) is 0 Å². The molecule has 4 heteroatoms. The SMILES string of the molecule is Cc1ccc(C(=O)O)cc1OCC(C)CO. The fraction of sp³-hybridized carbons (Fsp3) is 0.417. The minimum absolute atomic E-state index is 0.0351. The van der Waals surface area contributed by atoms with E-state index in [2.05, 4.69) is 0 Å². The molecule has 1 aromatic carbocycles. The molecule has 4 nitrogen and oxygen atoms in total. The number of benzene rings is 1. The van der Waals surface area contributed by atoms with E-state index < -0.39 is 5.97 Å². The number of aromatic carboxylic acids is 1. The first-order chi connectivity index (χ1) is 7.54. The number of rotatable bonds is 5. The minimum Gasteiger partial charge on any atom is -0.493 e. The molecule has 0 aromatic heterocycles. The molecule has 0 amide bonds. The molecule has 2 N–H and O–H groups in total. The van der Waals surface area contributed by atoms with E-state index in [0.29, 0.717) is 12.4 Å². The highest BCUT2D eigenvalue weighted by Crippen LogP contribution is 2.20. The van der Waals surface area contributed by atoms with Gasteiger partial charge in [-0.3, -0.25) is 0 Å². The fourth-order valence-electron chi connectivity index (χ4n) is 1.17. The van der Waals surface area contributed by atoms with E-state index >= 15 is 0 Å². The average Bonchev–Trinajstić information content (AvgIpc) is 2.27. The van der Waals surface area contributed by atoms with Crippen molar-refractivity contribution in [2.75, 3.05) is 13.2 Å². The van der Waals surface area contributed by atoms with Crippen LogP contribution >= 0.6 is 0 Å². The largest absolute Gasteiger partial charge is 0.493 e. The summed E-state index contributed by atoms with van der Waals surface area (Å²) in [7, 11) is 0. The van der Waals surface area contributed by atoms with Crippen molar-refractivity contribution < 1.29 is 19.7 Å². The highest BCUT2D eigenvalue weighted by Gasteiger charge is 2.08. The summed E-state index contributed by atoms with van der Waals surface area (Å²) in [6, 6.07) is 4.75. The lowest BCUT2D eigenvalue weighted by Crippen LogP contribution is -2.13. The van der Waals surface area contributed by atoms with Gasteiger partial charge in [-0.05, 0) is 24.6 Å². The van der Waals surface area contributed by atoms with Gasteiger partial charge in [-0.1, -0.05) is 13.0 Å². The van der Waals surface area contributed by atoms with Crippen molar-refractivity contribution in [2.24, 2.45) is 5.92 Å². The molecule has 1 rings (SSSR count). The van der Waals surface area contributed by atoms with E-state index in [9.17, 15) is 4.79 Å². The van der Waals surface area contributed by atoms with Crippen molar-refractivity contribution in [1.29, 1.82) is 0 Å². The van der Waals surface area contributed by atoms with Crippen molar-refractivity contribution in [2.45, 2.75) is 13.8 Å². The maximum Gasteiger partial charge on any atom is 0.335 e. The molecular weight excluding hydrogens is 208 g/mol. The van der Waals surface area contributed by atoms with Gasteiger partial charge in [0.25, 0.3) is 0 Å². The Morgan fingerprint density at radius 3 is 2.75 bits per heavy atom. The van der Waals surface area contributed by atoms with Gasteiger partial charge < -0.3 is 14.9 Å². The van der Waals surface area contributed by atoms with Gasteiger partial charge in [-0.25, -0.2) is 4.79 Å². The summed E-state index contributed by atoms with van der Waals surface area (Å²) in [5.74, 6) is -0.381. The number of aryl methyl sites for hydroxylation is 1. The lowest BCUT2D eigenvalue weighted by atomic mass is 10.1. The summed E-state index contributed by atoms with van der Waals surface area (Å²) in [6.07, 6.45) is 0. The number of carboxylic acid groups (broad SMARTS) is 1. The topological polar surface area (TPSA) is 66.8 Å². The van der Waals surface area contributed by atoms with E-state index in [-0.39, 0.29) is 18.1 Å². The van der Waals surface area contributed by atoms with Crippen molar-refractivity contribution in [3.05, 3.63) is 29.3 Å². The molecule has 0 saturated carbocycles. The average molecular weight is 224 g/mol. The first-order valence-electron chi connectivity index (χ1n) is 5.12. The van der Waals surface area contributed by atoms with E-state index in [1.807, 2.05) is 13.8 Å². The molecule has 0 aliphatic carbocycles. The molecule has 1 unspecified atom stereocenters. The maximum absolute atomic E-state index is 10.8. The molecular formula is C12H16O4. The maximum atomic E-state index is 10.8. The van der Waals surface area contributed by atoms with Gasteiger partial charge in [0.1, 0.15) is 5.75 Å². The number of carbonyl (C=O) groups is 1. The Hall–Kier alpha value is -1.55. The minimum atomic E-state index is -0.972. The van der Waals surface area contributed by atoms with Gasteiger partial charge >= 0.3 is 5.97 Å². The second-order valence-electron chi connectivity index (χ2n) is 3.88. The number of aliphatic hydroxyl groups is 1. The number of hydrogen-bond donors (Lipinski definition) is 2. The second kappa shape index (κ2) is 5.51. The zero-order valence-electron chi connectivity index (χ0n) is 9.43. The Kier molecular flexibility index (Phi) is 4.31. The third kappa shape index (κ3) is 3.24. The summed E-state index contributed by atoms with van der Waals surface area (Å²) in [5, 5.41) is 17.7. The number of hydrogen-bond acceptors (Lipinski definition) is 3. The van der Waals surface area contributed by atoms with Crippen LogP contribution in [-0.2, 0) is 0 Å². The predicted molar refractivity (Wildman–Crippen MR) is 59.9 cm³/mol. The van der Waals surface area contributed by atoms with Crippen molar-refractivity contribution >= 4 is 5.97 Å². The summed E-state index contributed by atoms with van der Waals surface area (Å²) in [4.78, 5) is 10.8. The third-order valence-electron chi connectivity index (χ3n) is 2.27. The predicted octanol–water partition coefficient (Wildman–Crippen LogP) is 1.70. The van der Waals surface area contributed by atoms with Crippen LogP contribution in [0.25, 0.3) is 0 Å². The summed E-state index contributed by atoms with van der Waals surface area (Å²) in [5.41, 5.74) is 1.09. The zero-order valence-corrected chi connectivity index (χ0v) is 9.43. The third-order valence-corrected chi connectivity index (χ3v) is 2.27. The molecule has 0 saturated heterocycles. The van der Waals surface area contributed by atoms with Crippen LogP contribution in [0.3, 0.4) is 0 Å². The van der Waals surface area contributed by atoms with E-state index in [1.54, 1.807) is 12.1 Å². The Balaban J connectivity index is 2.78. The lowest BCUT2D eigenvalue weighted by Gasteiger charge is -2.12. The highest BCUT2D eigenvalue weighted by atomic mass is 16.5. The lowest BCUT2D eigenvalue weighted by molar-refractivity contribution is 0.0696. The standard InChI is InChI=1S/C12H16O4/c1-8(6-13)7-16-11-5-10(12(14)15)4-3-9(11)2/h3-5,8,13H,6-7H2,1-2H3,(H,14,15). The summed E-state index contributed by atoms with van der Waals surface area (Å²) >= 11 is 0. The molecule has 0 bridgehead atoms. The molecule has 88 valence electrons. The van der Waals surface area contributed by atoms with Crippen molar-refractivity contribution in [3.8, 4) is 5.75 Å². The number of ether oxygens (including phenoxy) is 1. The molecule has 0 radical (unpaired) electrons. The van der Waals surface area contributed by atoms with Crippen LogP contribution in [-0.4, -0.2) is 29.4 Å². The van der Waals surface area contributed by atoms with Gasteiger partial charge in [0, 0.05) is 12.5 Å². The zero-order chi connectivity index (χ0) is 12.1. The first-order valence-corrected chi connectivity index (χ1v) is 5.12. The first kappa shape index (κ1) is 12.5. The summed E-state index contributed by atoms with van der Waals surface area (Å²) in [6.45, 7) is 4.14. The molecule has 1 aromatic rings. The number of carboxylic acids is 1. The van der Waals surface area contributed by atoms with Gasteiger partial charge in [0.05, 0.1) is 12.2 Å². The molecule has 0 aliphatic heterocycles. The van der Waals surface area contributed by atoms with E-state index in [0.717, 1.165) is 5.56 Å². The normalized spacial score (nSPS) is 12.2. The van der Waals surface area contributed by atoms with Gasteiger partial charge in [-0.2, -0.15) is 0 Å². The molecule has 0 fully saturated rings. The molecule has 0 heterocycles. The Bertz CT molecular complexity index is 373. The molecule has 0 aliphatic rings. The smallest absolute Gasteiger partial charge is 0.335 e. The monoisotopic (exact) mass is 224 g/mol. The quantitative estimate of drug-likeness (QED) is 0.798. The molecule has 1 atom stereocenters. The summed E-state index contributed by atoms with van der Waals surface area (Å²) < 4.78 is 5.46. The van der Waals surface area contributed by atoms with Crippen molar-refractivity contribution in [3.63, 3.8) is 0 Å². The van der Waals surface area contributed by atoms with Crippen LogP contribution in [0.2, 0.25) is 0 Å². The molecule has 0 spiro atoms. The van der Waals surface area contributed by atoms with Crippen LogP contribution in [0.15, 0.2) is 18.2 Å². The number of aliphatic hydroxyl groups excluding tert-OH is 1. The van der Waals surface area contributed by atoms with Crippen LogP contribution in [0, 0.1) is 12.8 Å². The van der Waals surface area contributed by atoms with Crippen LogP contribution < -0.4 is 4.74 Å². The highest BCUT2D eigenvalue weighted by molar-refractivity contribution is 5.88. The second-order valence-corrected chi connectivity index (χ2v) is 3.88. The Morgan fingerprint density at radius 2 is 2.19 bits per heavy atom. The Labute approximate surface area is 94.5 Å².